The monoisotopic (exact) mass is 244 g/mol. The van der Waals surface area contributed by atoms with E-state index in [0.29, 0.717) is 0 Å². The quantitative estimate of drug-likeness (QED) is 0.645. The predicted molar refractivity (Wildman–Crippen MR) is 78.7 cm³/mol. The Bertz CT molecular complexity index is 670. The van der Waals surface area contributed by atoms with E-state index >= 15 is 0 Å². The van der Waals surface area contributed by atoms with Gasteiger partial charge in [0.1, 0.15) is 0 Å². The summed E-state index contributed by atoms with van der Waals surface area (Å²) in [6.45, 7) is 2.09. The number of rotatable bonds is 2. The van der Waals surface area contributed by atoms with Gasteiger partial charge in [-0.05, 0) is 24.6 Å². The van der Waals surface area contributed by atoms with Gasteiger partial charge in [-0.15, -0.1) is 0 Å². The summed E-state index contributed by atoms with van der Waals surface area (Å²) in [4.78, 5) is 4.52. The Kier molecular flexibility index (Phi) is 3.11. The van der Waals surface area contributed by atoms with Gasteiger partial charge in [0.25, 0.3) is 0 Å². The first-order valence-corrected chi connectivity index (χ1v) is 6.34. The second kappa shape index (κ2) is 5.07. The Hall–Kier alpha value is -2.41. The molecule has 2 aromatic carbocycles. The van der Waals surface area contributed by atoms with Gasteiger partial charge in [-0.3, -0.25) is 4.98 Å². The van der Waals surface area contributed by atoms with E-state index in [0.717, 1.165) is 22.4 Å². The smallest absolute Gasteiger partial charge is 0.0786 e. The van der Waals surface area contributed by atoms with Gasteiger partial charge in [0.05, 0.1) is 5.69 Å². The summed E-state index contributed by atoms with van der Waals surface area (Å²) < 4.78 is 0. The molecule has 0 aliphatic carbocycles. The second-order valence-corrected chi connectivity index (χ2v) is 4.54. The van der Waals surface area contributed by atoms with Crippen LogP contribution in [0.4, 0.5) is 0 Å². The van der Waals surface area contributed by atoms with Crippen molar-refractivity contribution >= 4 is 0 Å². The molecule has 0 bridgehead atoms. The molecular weight excluding hydrogens is 230 g/mol. The van der Waals surface area contributed by atoms with E-state index in [4.69, 9.17) is 0 Å². The van der Waals surface area contributed by atoms with Crippen LogP contribution in [0.3, 0.4) is 0 Å². The van der Waals surface area contributed by atoms with Gasteiger partial charge in [-0.2, -0.15) is 0 Å². The topological polar surface area (TPSA) is 12.9 Å². The molecule has 1 nitrogen and oxygen atoms in total. The second-order valence-electron chi connectivity index (χ2n) is 4.54. The van der Waals surface area contributed by atoms with Crippen molar-refractivity contribution in [3.05, 3.63) is 78.5 Å². The summed E-state index contributed by atoms with van der Waals surface area (Å²) in [5, 5.41) is 0. The van der Waals surface area contributed by atoms with Crippen molar-refractivity contribution in [3.8, 4) is 22.4 Å². The molecule has 0 atom stereocenters. The Labute approximate surface area is 113 Å². The molecule has 0 unspecified atom stereocenters. The third kappa shape index (κ3) is 2.41. The Morgan fingerprint density at radius 1 is 0.842 bits per heavy atom. The average molecular weight is 244 g/mol. The fraction of sp³-hybridized carbons (Fsp3) is 0.0556. The van der Waals surface area contributed by atoms with Gasteiger partial charge in [0.2, 0.25) is 0 Å². The van der Waals surface area contributed by atoms with Crippen LogP contribution in [0, 0.1) is 13.0 Å². The molecular formula is C18H14N. The van der Waals surface area contributed by atoms with E-state index in [1.807, 2.05) is 24.3 Å². The normalized spacial score (nSPS) is 10.4. The Balaban J connectivity index is 2.15. The molecule has 0 spiro atoms. The molecule has 3 rings (SSSR count). The molecule has 0 aliphatic heterocycles. The van der Waals surface area contributed by atoms with Gasteiger partial charge in [0, 0.05) is 17.3 Å². The molecule has 0 aliphatic rings. The summed E-state index contributed by atoms with van der Waals surface area (Å²) in [5.41, 5.74) is 5.55. The summed E-state index contributed by atoms with van der Waals surface area (Å²) in [6, 6.07) is 23.9. The minimum Gasteiger partial charge on any atom is -0.256 e. The van der Waals surface area contributed by atoms with Gasteiger partial charge < -0.3 is 0 Å². The van der Waals surface area contributed by atoms with Crippen LogP contribution in [0.15, 0.2) is 66.9 Å². The van der Waals surface area contributed by atoms with E-state index in [-0.39, 0.29) is 0 Å². The maximum Gasteiger partial charge on any atom is 0.0786 e. The third-order valence-corrected chi connectivity index (χ3v) is 3.13. The zero-order valence-corrected chi connectivity index (χ0v) is 10.8. The summed E-state index contributed by atoms with van der Waals surface area (Å²) >= 11 is 0. The lowest BCUT2D eigenvalue weighted by atomic mass is 9.99. The first-order valence-electron chi connectivity index (χ1n) is 6.34. The Morgan fingerprint density at radius 2 is 1.58 bits per heavy atom. The van der Waals surface area contributed by atoms with Gasteiger partial charge in [-0.25, -0.2) is 0 Å². The van der Waals surface area contributed by atoms with E-state index in [9.17, 15) is 0 Å². The number of aromatic nitrogens is 1. The molecule has 0 saturated carbocycles. The van der Waals surface area contributed by atoms with Gasteiger partial charge >= 0.3 is 0 Å². The standard InChI is InChI=1S/C18H14N/c1-14-9-11-16(12-10-14)18-17(8-5-13-19-18)15-6-3-2-4-7-15/h2-7,9-13H,1H3. The highest BCUT2D eigenvalue weighted by molar-refractivity contribution is 5.80. The summed E-state index contributed by atoms with van der Waals surface area (Å²) in [6.07, 6.45) is 1.79. The predicted octanol–water partition coefficient (Wildman–Crippen LogP) is 4.52. The number of aryl methyl sites for hydroxylation is 1. The number of hydrogen-bond donors (Lipinski definition) is 0. The van der Waals surface area contributed by atoms with Crippen LogP contribution in [0.1, 0.15) is 5.56 Å². The zero-order valence-electron chi connectivity index (χ0n) is 10.8. The van der Waals surface area contributed by atoms with Gasteiger partial charge in [-0.1, -0.05) is 60.2 Å². The van der Waals surface area contributed by atoms with Crippen LogP contribution in [0.5, 0.6) is 0 Å². The van der Waals surface area contributed by atoms with Gasteiger partial charge in [0.15, 0.2) is 0 Å². The first-order chi connectivity index (χ1) is 9.34. The van der Waals surface area contributed by atoms with Crippen molar-refractivity contribution in [2.45, 2.75) is 6.92 Å². The first kappa shape index (κ1) is 11.7. The highest BCUT2D eigenvalue weighted by atomic mass is 14.7. The number of hydrogen-bond acceptors (Lipinski definition) is 1. The molecule has 1 heteroatoms. The molecule has 1 radical (unpaired) electrons. The van der Waals surface area contributed by atoms with Crippen LogP contribution < -0.4 is 0 Å². The van der Waals surface area contributed by atoms with Crippen molar-refractivity contribution in [1.29, 1.82) is 0 Å². The molecule has 0 saturated heterocycles. The SMILES string of the molecule is Cc1ccc(-c2ncc[c]c2-c2ccccc2)cc1. The number of benzene rings is 2. The van der Waals surface area contributed by atoms with E-state index in [1.54, 1.807) is 6.20 Å². The molecule has 0 fully saturated rings. The summed E-state index contributed by atoms with van der Waals surface area (Å²) in [5.74, 6) is 0. The fourth-order valence-corrected chi connectivity index (χ4v) is 2.12. The molecule has 0 N–H and O–H groups in total. The summed E-state index contributed by atoms with van der Waals surface area (Å²) in [7, 11) is 0. The van der Waals surface area contributed by atoms with Crippen LogP contribution in [-0.2, 0) is 0 Å². The highest BCUT2D eigenvalue weighted by Crippen LogP contribution is 2.29. The lowest BCUT2D eigenvalue weighted by Crippen LogP contribution is -1.89. The van der Waals surface area contributed by atoms with Crippen LogP contribution in [0.25, 0.3) is 22.4 Å². The van der Waals surface area contributed by atoms with Crippen molar-refractivity contribution in [2.24, 2.45) is 0 Å². The number of nitrogens with zero attached hydrogens (tertiary/aromatic N) is 1. The Morgan fingerprint density at radius 3 is 2.32 bits per heavy atom. The molecule has 0 amide bonds. The van der Waals surface area contributed by atoms with Crippen LogP contribution in [-0.4, -0.2) is 4.98 Å². The lowest BCUT2D eigenvalue weighted by Gasteiger charge is -2.08. The third-order valence-electron chi connectivity index (χ3n) is 3.13. The molecule has 3 aromatic rings. The minimum atomic E-state index is 0.980. The number of pyridine rings is 1. The maximum absolute atomic E-state index is 4.52. The molecule has 1 heterocycles. The lowest BCUT2D eigenvalue weighted by molar-refractivity contribution is 1.32. The minimum absolute atomic E-state index is 0.980. The van der Waals surface area contributed by atoms with E-state index < -0.39 is 0 Å². The van der Waals surface area contributed by atoms with Crippen molar-refractivity contribution in [3.63, 3.8) is 0 Å². The van der Waals surface area contributed by atoms with Crippen LogP contribution in [0.2, 0.25) is 0 Å². The molecule has 91 valence electrons. The molecule has 1 aromatic heterocycles. The average Bonchev–Trinajstić information content (AvgIpc) is 2.49. The molecule has 19 heavy (non-hydrogen) atoms. The van der Waals surface area contributed by atoms with Crippen molar-refractivity contribution in [1.82, 2.24) is 4.98 Å². The van der Waals surface area contributed by atoms with E-state index in [2.05, 4.69) is 54.4 Å². The largest absolute Gasteiger partial charge is 0.256 e. The van der Waals surface area contributed by atoms with E-state index in [1.165, 1.54) is 5.56 Å². The zero-order chi connectivity index (χ0) is 13.1. The van der Waals surface area contributed by atoms with Crippen molar-refractivity contribution < 1.29 is 0 Å². The van der Waals surface area contributed by atoms with Crippen molar-refractivity contribution in [2.75, 3.05) is 0 Å². The van der Waals surface area contributed by atoms with Crippen LogP contribution >= 0.6 is 0 Å². The highest BCUT2D eigenvalue weighted by Gasteiger charge is 2.07. The maximum atomic E-state index is 4.52. The fourth-order valence-electron chi connectivity index (χ4n) is 2.12.